The molecule has 5 rings (SSSR count). The van der Waals surface area contributed by atoms with Crippen molar-refractivity contribution in [1.29, 1.82) is 0 Å². The fraction of sp³-hybridized carbons (Fsp3) is 0.0690. The lowest BCUT2D eigenvalue weighted by Gasteiger charge is -2.30. The van der Waals surface area contributed by atoms with E-state index in [2.05, 4.69) is 55.5 Å². The van der Waals surface area contributed by atoms with Crippen LogP contribution in [0.3, 0.4) is 0 Å². The van der Waals surface area contributed by atoms with Gasteiger partial charge < -0.3 is 4.74 Å². The maximum absolute atomic E-state index is 6.48. The molecule has 0 radical (unpaired) electrons. The molecule has 31 heavy (non-hydrogen) atoms. The first-order chi connectivity index (χ1) is 15.3. The standard InChI is InChI=1S/C29H23NO/c1-21-16-18-22(19-17-21)28-25-14-8-9-15-27(25)31-29(23-10-4-2-5-11-23)26(28)20-30-24-12-6-3-7-13-24/h2-20,28H,1H3. The lowest BCUT2D eigenvalue weighted by molar-refractivity contribution is 0.489. The highest BCUT2D eigenvalue weighted by molar-refractivity contribution is 5.95. The summed E-state index contributed by atoms with van der Waals surface area (Å²) in [6.45, 7) is 2.12. The summed E-state index contributed by atoms with van der Waals surface area (Å²) in [5.41, 5.74) is 6.64. The maximum Gasteiger partial charge on any atom is 0.140 e. The molecule has 0 bridgehead atoms. The van der Waals surface area contributed by atoms with E-state index >= 15 is 0 Å². The highest BCUT2D eigenvalue weighted by Gasteiger charge is 2.30. The summed E-state index contributed by atoms with van der Waals surface area (Å²) in [5, 5.41) is 0. The van der Waals surface area contributed by atoms with E-state index < -0.39 is 0 Å². The van der Waals surface area contributed by atoms with Gasteiger partial charge in [-0.05, 0) is 30.7 Å². The molecule has 1 unspecified atom stereocenters. The van der Waals surface area contributed by atoms with Crippen molar-refractivity contribution >= 4 is 17.7 Å². The van der Waals surface area contributed by atoms with Gasteiger partial charge in [0.05, 0.1) is 5.69 Å². The van der Waals surface area contributed by atoms with Gasteiger partial charge in [-0.15, -0.1) is 0 Å². The first-order valence-electron chi connectivity index (χ1n) is 10.5. The van der Waals surface area contributed by atoms with Crippen LogP contribution in [0.1, 0.15) is 28.2 Å². The van der Waals surface area contributed by atoms with Gasteiger partial charge in [-0.25, -0.2) is 0 Å². The number of para-hydroxylation sites is 2. The van der Waals surface area contributed by atoms with Crippen LogP contribution in [-0.2, 0) is 0 Å². The molecule has 1 aliphatic heterocycles. The van der Waals surface area contributed by atoms with Crippen molar-refractivity contribution < 1.29 is 4.74 Å². The Balaban J connectivity index is 1.73. The van der Waals surface area contributed by atoms with Crippen LogP contribution in [0.15, 0.2) is 120 Å². The zero-order valence-corrected chi connectivity index (χ0v) is 17.4. The van der Waals surface area contributed by atoms with Crippen LogP contribution in [0.5, 0.6) is 5.75 Å². The Morgan fingerprint density at radius 1 is 0.710 bits per heavy atom. The number of hydrogen-bond acceptors (Lipinski definition) is 2. The molecular weight excluding hydrogens is 378 g/mol. The van der Waals surface area contributed by atoms with Crippen LogP contribution >= 0.6 is 0 Å². The maximum atomic E-state index is 6.48. The van der Waals surface area contributed by atoms with Gasteiger partial charge in [0.2, 0.25) is 0 Å². The Kier molecular flexibility index (Phi) is 5.20. The number of fused-ring (bicyclic) bond motifs is 1. The van der Waals surface area contributed by atoms with Crippen molar-refractivity contribution in [1.82, 2.24) is 0 Å². The zero-order valence-electron chi connectivity index (χ0n) is 17.4. The van der Waals surface area contributed by atoms with Crippen molar-refractivity contribution in [3.8, 4) is 5.75 Å². The highest BCUT2D eigenvalue weighted by atomic mass is 16.5. The van der Waals surface area contributed by atoms with Gasteiger partial charge in [0, 0.05) is 28.8 Å². The summed E-state index contributed by atoms with van der Waals surface area (Å²) in [6, 6.07) is 37.4. The zero-order chi connectivity index (χ0) is 21.0. The number of aliphatic imine (C=N–C) groups is 1. The molecule has 0 aromatic heterocycles. The molecule has 0 fully saturated rings. The van der Waals surface area contributed by atoms with Gasteiger partial charge in [-0.2, -0.15) is 0 Å². The van der Waals surface area contributed by atoms with Crippen molar-refractivity contribution in [2.45, 2.75) is 12.8 Å². The monoisotopic (exact) mass is 401 g/mol. The molecule has 0 spiro atoms. The number of ether oxygens (including phenoxy) is 1. The number of hydrogen-bond donors (Lipinski definition) is 0. The van der Waals surface area contributed by atoms with Gasteiger partial charge in [-0.3, -0.25) is 4.99 Å². The molecule has 150 valence electrons. The van der Waals surface area contributed by atoms with Gasteiger partial charge in [0.15, 0.2) is 0 Å². The Hall–Kier alpha value is -3.91. The van der Waals surface area contributed by atoms with Crippen LogP contribution in [-0.4, -0.2) is 6.21 Å². The molecule has 1 aliphatic rings. The SMILES string of the molecule is Cc1ccc(C2C(C=Nc3ccccc3)=C(c3ccccc3)Oc3ccccc32)cc1. The quantitative estimate of drug-likeness (QED) is 0.328. The van der Waals surface area contributed by atoms with E-state index in [1.807, 2.05) is 66.9 Å². The molecule has 1 heterocycles. The van der Waals surface area contributed by atoms with Crippen molar-refractivity contribution in [3.05, 3.63) is 137 Å². The lowest BCUT2D eigenvalue weighted by atomic mass is 9.81. The predicted octanol–water partition coefficient (Wildman–Crippen LogP) is 7.33. The van der Waals surface area contributed by atoms with E-state index in [1.54, 1.807) is 0 Å². The Morgan fingerprint density at radius 3 is 2.10 bits per heavy atom. The average molecular weight is 402 g/mol. The molecule has 1 atom stereocenters. The third kappa shape index (κ3) is 3.93. The summed E-state index contributed by atoms with van der Waals surface area (Å²) >= 11 is 0. The van der Waals surface area contributed by atoms with Crippen LogP contribution in [0.4, 0.5) is 5.69 Å². The minimum absolute atomic E-state index is 0.0354. The summed E-state index contributed by atoms with van der Waals surface area (Å²) in [5.74, 6) is 1.78. The van der Waals surface area contributed by atoms with Gasteiger partial charge in [0.1, 0.15) is 11.5 Å². The Labute approximate surface area is 183 Å². The minimum atomic E-state index is 0.0354. The molecule has 2 nitrogen and oxygen atoms in total. The second-order valence-corrected chi connectivity index (χ2v) is 7.73. The Bertz CT molecular complexity index is 1240. The fourth-order valence-electron chi connectivity index (χ4n) is 4.00. The fourth-order valence-corrected chi connectivity index (χ4v) is 4.00. The number of aryl methyl sites for hydroxylation is 1. The van der Waals surface area contributed by atoms with Crippen molar-refractivity contribution in [3.63, 3.8) is 0 Å². The van der Waals surface area contributed by atoms with E-state index in [1.165, 1.54) is 11.1 Å². The molecule has 0 saturated heterocycles. The molecular formula is C29H23NO. The van der Waals surface area contributed by atoms with Crippen LogP contribution < -0.4 is 4.74 Å². The van der Waals surface area contributed by atoms with Crippen LogP contribution in [0, 0.1) is 6.92 Å². The smallest absolute Gasteiger partial charge is 0.140 e. The minimum Gasteiger partial charge on any atom is -0.456 e. The summed E-state index contributed by atoms with van der Waals surface area (Å²) in [7, 11) is 0. The van der Waals surface area contributed by atoms with E-state index in [0.29, 0.717) is 0 Å². The molecule has 0 aliphatic carbocycles. The van der Waals surface area contributed by atoms with Crippen molar-refractivity contribution in [2.24, 2.45) is 4.99 Å². The molecule has 4 aromatic rings. The predicted molar refractivity (Wildman–Crippen MR) is 128 cm³/mol. The first kappa shape index (κ1) is 19.1. The molecule has 0 N–H and O–H groups in total. The van der Waals surface area contributed by atoms with Crippen LogP contribution in [0.2, 0.25) is 0 Å². The second kappa shape index (κ2) is 8.45. The van der Waals surface area contributed by atoms with E-state index in [9.17, 15) is 0 Å². The topological polar surface area (TPSA) is 21.6 Å². The normalized spacial score (nSPS) is 15.6. The number of nitrogens with zero attached hydrogens (tertiary/aromatic N) is 1. The molecule has 0 amide bonds. The number of benzene rings is 4. The molecule has 4 aromatic carbocycles. The first-order valence-corrected chi connectivity index (χ1v) is 10.5. The average Bonchev–Trinajstić information content (AvgIpc) is 2.84. The number of rotatable bonds is 4. The molecule has 0 saturated carbocycles. The third-order valence-electron chi connectivity index (χ3n) is 5.57. The Morgan fingerprint density at radius 2 is 1.35 bits per heavy atom. The third-order valence-corrected chi connectivity index (χ3v) is 5.57. The van der Waals surface area contributed by atoms with E-state index in [0.717, 1.165) is 33.9 Å². The highest BCUT2D eigenvalue weighted by Crippen LogP contribution is 2.45. The lowest BCUT2D eigenvalue weighted by Crippen LogP contribution is -2.17. The van der Waals surface area contributed by atoms with Gasteiger partial charge in [-0.1, -0.05) is 96.6 Å². The number of allylic oxidation sites excluding steroid dienone is 1. The summed E-state index contributed by atoms with van der Waals surface area (Å²) < 4.78 is 6.48. The largest absolute Gasteiger partial charge is 0.456 e. The van der Waals surface area contributed by atoms with Crippen LogP contribution in [0.25, 0.3) is 5.76 Å². The van der Waals surface area contributed by atoms with Crippen molar-refractivity contribution in [2.75, 3.05) is 0 Å². The van der Waals surface area contributed by atoms with E-state index in [-0.39, 0.29) is 5.92 Å². The summed E-state index contributed by atoms with van der Waals surface area (Å²) in [4.78, 5) is 4.81. The summed E-state index contributed by atoms with van der Waals surface area (Å²) in [6.07, 6.45) is 1.97. The van der Waals surface area contributed by atoms with Gasteiger partial charge in [0.25, 0.3) is 0 Å². The van der Waals surface area contributed by atoms with E-state index in [4.69, 9.17) is 9.73 Å². The second-order valence-electron chi connectivity index (χ2n) is 7.73. The van der Waals surface area contributed by atoms with Gasteiger partial charge >= 0.3 is 0 Å². The molecule has 2 heteroatoms.